The van der Waals surface area contributed by atoms with Crippen LogP contribution in [0.4, 0.5) is 4.39 Å². The van der Waals surface area contributed by atoms with E-state index >= 15 is 0 Å². The molecule has 0 unspecified atom stereocenters. The van der Waals surface area contributed by atoms with Crippen molar-refractivity contribution >= 4 is 11.6 Å². The van der Waals surface area contributed by atoms with E-state index in [1.807, 2.05) is 0 Å². The quantitative estimate of drug-likeness (QED) is 0.781. The van der Waals surface area contributed by atoms with Gasteiger partial charge in [0.2, 0.25) is 0 Å². The van der Waals surface area contributed by atoms with Crippen LogP contribution in [0.15, 0.2) is 24.3 Å². The Hall–Kier alpha value is -1.48. The fraction of sp³-hybridized carbons (Fsp3) is 0.333. The molecule has 0 saturated heterocycles. The van der Waals surface area contributed by atoms with Crippen molar-refractivity contribution in [1.82, 2.24) is 9.97 Å². The number of rotatable bonds is 2. The van der Waals surface area contributed by atoms with Gasteiger partial charge in [0.15, 0.2) is 0 Å². The van der Waals surface area contributed by atoms with Gasteiger partial charge in [-0.2, -0.15) is 0 Å². The molecule has 1 heterocycles. The highest BCUT2D eigenvalue weighted by atomic mass is 35.5. The van der Waals surface area contributed by atoms with Crippen LogP contribution < -0.4 is 0 Å². The molecular formula is C15H14ClFN2. The first-order valence-electron chi connectivity index (χ1n) is 6.51. The van der Waals surface area contributed by atoms with Gasteiger partial charge in [-0.05, 0) is 43.4 Å². The largest absolute Gasteiger partial charge is 0.237 e. The third-order valence-electron chi connectivity index (χ3n) is 3.45. The van der Waals surface area contributed by atoms with Crippen LogP contribution in [0, 0.1) is 5.82 Å². The van der Waals surface area contributed by atoms with E-state index in [1.54, 1.807) is 12.1 Å². The first kappa shape index (κ1) is 12.5. The highest BCUT2D eigenvalue weighted by Gasteiger charge is 2.16. The molecule has 0 N–H and O–H groups in total. The van der Waals surface area contributed by atoms with Gasteiger partial charge >= 0.3 is 0 Å². The van der Waals surface area contributed by atoms with Crippen LogP contribution in [0.2, 0.25) is 5.15 Å². The van der Waals surface area contributed by atoms with Gasteiger partial charge in [-0.3, -0.25) is 0 Å². The summed E-state index contributed by atoms with van der Waals surface area (Å²) in [6.07, 6.45) is 4.87. The molecule has 3 rings (SSSR count). The molecule has 19 heavy (non-hydrogen) atoms. The zero-order valence-electron chi connectivity index (χ0n) is 10.5. The maximum atomic E-state index is 12.9. The van der Waals surface area contributed by atoms with Crippen molar-refractivity contribution in [3.05, 3.63) is 57.9 Å². The molecular weight excluding hydrogens is 263 g/mol. The van der Waals surface area contributed by atoms with Crippen LogP contribution in [0.25, 0.3) is 0 Å². The molecule has 1 aliphatic rings. The van der Waals surface area contributed by atoms with Gasteiger partial charge in [0.05, 0.1) is 0 Å². The second-order valence-corrected chi connectivity index (χ2v) is 5.22. The molecule has 4 heteroatoms. The zero-order chi connectivity index (χ0) is 13.2. The molecule has 0 saturated carbocycles. The summed E-state index contributed by atoms with van der Waals surface area (Å²) in [5, 5.41) is 0.585. The lowest BCUT2D eigenvalue weighted by Gasteiger charge is -2.16. The lowest BCUT2D eigenvalue weighted by atomic mass is 9.97. The van der Waals surface area contributed by atoms with Crippen LogP contribution in [-0.2, 0) is 19.3 Å². The molecule has 0 bridgehead atoms. The van der Waals surface area contributed by atoms with Gasteiger partial charge in [-0.15, -0.1) is 0 Å². The van der Waals surface area contributed by atoms with Gasteiger partial charge in [0.25, 0.3) is 0 Å². The summed E-state index contributed by atoms with van der Waals surface area (Å²) >= 11 is 6.23. The van der Waals surface area contributed by atoms with E-state index in [-0.39, 0.29) is 5.82 Å². The van der Waals surface area contributed by atoms with Crippen LogP contribution >= 0.6 is 11.6 Å². The SMILES string of the molecule is Fc1ccc(Cc2nc(Cl)c3c(n2)CCCC3)cc1. The van der Waals surface area contributed by atoms with E-state index in [9.17, 15) is 4.39 Å². The van der Waals surface area contributed by atoms with E-state index < -0.39 is 0 Å². The van der Waals surface area contributed by atoms with Crippen molar-refractivity contribution in [3.8, 4) is 0 Å². The van der Waals surface area contributed by atoms with Crippen LogP contribution in [0.5, 0.6) is 0 Å². The molecule has 1 aliphatic carbocycles. The predicted molar refractivity (Wildman–Crippen MR) is 72.9 cm³/mol. The third-order valence-corrected chi connectivity index (χ3v) is 3.77. The predicted octanol–water partition coefficient (Wildman–Crippen LogP) is 3.74. The molecule has 2 aromatic rings. The zero-order valence-corrected chi connectivity index (χ0v) is 11.3. The molecule has 0 fully saturated rings. The van der Waals surface area contributed by atoms with Crippen molar-refractivity contribution in [1.29, 1.82) is 0 Å². The molecule has 0 aliphatic heterocycles. The fourth-order valence-electron chi connectivity index (χ4n) is 2.46. The van der Waals surface area contributed by atoms with Crippen LogP contribution in [-0.4, -0.2) is 9.97 Å². The van der Waals surface area contributed by atoms with E-state index in [2.05, 4.69) is 9.97 Å². The van der Waals surface area contributed by atoms with Gasteiger partial charge in [-0.1, -0.05) is 23.7 Å². The van der Waals surface area contributed by atoms with Gasteiger partial charge in [0.1, 0.15) is 16.8 Å². The van der Waals surface area contributed by atoms with Gasteiger partial charge in [0, 0.05) is 17.7 Å². The molecule has 98 valence electrons. The summed E-state index contributed by atoms with van der Waals surface area (Å²) in [6.45, 7) is 0. The normalized spacial score (nSPS) is 14.2. The summed E-state index contributed by atoms with van der Waals surface area (Å²) < 4.78 is 12.9. The van der Waals surface area contributed by atoms with Crippen LogP contribution in [0.1, 0.15) is 35.5 Å². The minimum atomic E-state index is -0.229. The number of halogens is 2. The highest BCUT2D eigenvalue weighted by molar-refractivity contribution is 6.30. The summed E-state index contributed by atoms with van der Waals surface area (Å²) in [5.41, 5.74) is 3.19. The third kappa shape index (κ3) is 2.76. The van der Waals surface area contributed by atoms with Gasteiger partial charge in [-0.25, -0.2) is 14.4 Å². The number of nitrogens with zero attached hydrogens (tertiary/aromatic N) is 2. The monoisotopic (exact) mass is 276 g/mol. The lowest BCUT2D eigenvalue weighted by molar-refractivity contribution is 0.627. The topological polar surface area (TPSA) is 25.8 Å². The number of hydrogen-bond donors (Lipinski definition) is 0. The molecule has 0 amide bonds. The molecule has 0 atom stereocenters. The Bertz CT molecular complexity index is 596. The summed E-state index contributed by atoms with van der Waals surface area (Å²) in [4.78, 5) is 8.97. The Labute approximate surface area is 116 Å². The Morgan fingerprint density at radius 1 is 1.05 bits per heavy atom. The Morgan fingerprint density at radius 2 is 1.79 bits per heavy atom. The van der Waals surface area contributed by atoms with E-state index in [0.29, 0.717) is 11.6 Å². The summed E-state index contributed by atoms with van der Waals surface area (Å²) in [6, 6.07) is 6.42. The number of fused-ring (bicyclic) bond motifs is 1. The fourth-order valence-corrected chi connectivity index (χ4v) is 2.76. The first-order valence-corrected chi connectivity index (χ1v) is 6.89. The standard InChI is InChI=1S/C15H14ClFN2/c16-15-12-3-1-2-4-13(12)18-14(19-15)9-10-5-7-11(17)8-6-10/h5-8H,1-4,9H2. The molecule has 0 spiro atoms. The van der Waals surface area contributed by atoms with E-state index in [4.69, 9.17) is 11.6 Å². The van der Waals surface area contributed by atoms with Crippen molar-refractivity contribution < 1.29 is 4.39 Å². The van der Waals surface area contributed by atoms with E-state index in [1.165, 1.54) is 12.1 Å². The van der Waals surface area contributed by atoms with Crippen LogP contribution in [0.3, 0.4) is 0 Å². The molecule has 0 radical (unpaired) electrons. The Balaban J connectivity index is 1.89. The lowest BCUT2D eigenvalue weighted by Crippen LogP contribution is -2.10. The van der Waals surface area contributed by atoms with Crippen molar-refractivity contribution in [2.75, 3.05) is 0 Å². The van der Waals surface area contributed by atoms with E-state index in [0.717, 1.165) is 48.3 Å². The maximum absolute atomic E-state index is 12.9. The van der Waals surface area contributed by atoms with Crippen molar-refractivity contribution in [2.24, 2.45) is 0 Å². The molecule has 2 nitrogen and oxygen atoms in total. The molecule has 1 aromatic carbocycles. The maximum Gasteiger partial charge on any atom is 0.136 e. The Kier molecular flexibility index (Phi) is 3.47. The number of aromatic nitrogens is 2. The number of hydrogen-bond acceptors (Lipinski definition) is 2. The minimum absolute atomic E-state index is 0.229. The molecule has 1 aromatic heterocycles. The second-order valence-electron chi connectivity index (χ2n) is 4.87. The Morgan fingerprint density at radius 3 is 2.58 bits per heavy atom. The summed E-state index contributed by atoms with van der Waals surface area (Å²) in [7, 11) is 0. The number of benzene rings is 1. The number of aryl methyl sites for hydroxylation is 1. The first-order chi connectivity index (χ1) is 9.22. The average molecular weight is 277 g/mol. The van der Waals surface area contributed by atoms with Crippen molar-refractivity contribution in [2.45, 2.75) is 32.1 Å². The smallest absolute Gasteiger partial charge is 0.136 e. The second kappa shape index (κ2) is 5.25. The van der Waals surface area contributed by atoms with Gasteiger partial charge < -0.3 is 0 Å². The van der Waals surface area contributed by atoms with Crippen molar-refractivity contribution in [3.63, 3.8) is 0 Å². The highest BCUT2D eigenvalue weighted by Crippen LogP contribution is 2.25. The average Bonchev–Trinajstić information content (AvgIpc) is 2.42. The summed E-state index contributed by atoms with van der Waals surface area (Å²) in [5.74, 6) is 0.491. The minimum Gasteiger partial charge on any atom is -0.237 e.